The number of nitrogen functional groups attached to an aromatic ring is 1. The molecule has 2 nitrogen and oxygen atoms in total. The van der Waals surface area contributed by atoms with E-state index >= 15 is 0 Å². The molecule has 1 aromatic carbocycles. The summed E-state index contributed by atoms with van der Waals surface area (Å²) in [6.45, 7) is 2.39. The predicted molar refractivity (Wildman–Crippen MR) is 71.9 cm³/mol. The maximum Gasteiger partial charge on any atom is 0.0431 e. The van der Waals surface area contributed by atoms with Gasteiger partial charge in [-0.3, -0.25) is 0 Å². The Morgan fingerprint density at radius 2 is 1.94 bits per heavy atom. The number of anilines is 1. The number of benzene rings is 1. The molecule has 1 aromatic rings. The summed E-state index contributed by atoms with van der Waals surface area (Å²) >= 11 is 1.88. The van der Waals surface area contributed by atoms with Gasteiger partial charge in [-0.1, -0.05) is 18.9 Å². The summed E-state index contributed by atoms with van der Waals surface area (Å²) in [6, 6.07) is 6.08. The van der Waals surface area contributed by atoms with Crippen LogP contribution in [0, 0.1) is 6.92 Å². The number of nitrogens with two attached hydrogens (primary N) is 1. The van der Waals surface area contributed by atoms with Gasteiger partial charge in [0, 0.05) is 17.2 Å². The van der Waals surface area contributed by atoms with Gasteiger partial charge in [-0.05, 0) is 43.2 Å². The van der Waals surface area contributed by atoms with Crippen LogP contribution in [0.1, 0.15) is 31.2 Å². The molecule has 16 heavy (non-hydrogen) atoms. The summed E-state index contributed by atoms with van der Waals surface area (Å²) in [5.41, 5.74) is 7.93. The number of hydrogen-bond acceptors (Lipinski definition) is 3. The molecule has 0 saturated carbocycles. The molecule has 0 heterocycles. The quantitative estimate of drug-likeness (QED) is 0.436. The van der Waals surface area contributed by atoms with Crippen molar-refractivity contribution in [3.8, 4) is 0 Å². The summed E-state index contributed by atoms with van der Waals surface area (Å²) < 4.78 is 0. The van der Waals surface area contributed by atoms with Gasteiger partial charge in [-0.25, -0.2) is 0 Å². The van der Waals surface area contributed by atoms with Gasteiger partial charge in [0.2, 0.25) is 0 Å². The maximum atomic E-state index is 8.65. The fraction of sp³-hybridized carbons (Fsp3) is 0.538. The summed E-state index contributed by atoms with van der Waals surface area (Å²) in [7, 11) is 0. The third-order valence-corrected chi connectivity index (χ3v) is 3.88. The summed E-state index contributed by atoms with van der Waals surface area (Å²) in [5.74, 6) is 1.13. The van der Waals surface area contributed by atoms with Gasteiger partial charge < -0.3 is 10.8 Å². The van der Waals surface area contributed by atoms with E-state index in [4.69, 9.17) is 10.8 Å². The Bertz CT molecular complexity index is 315. The predicted octanol–water partition coefficient (Wildman–Crippen LogP) is 3.22. The molecular weight excluding hydrogens is 218 g/mol. The van der Waals surface area contributed by atoms with Crippen molar-refractivity contribution < 1.29 is 5.11 Å². The van der Waals surface area contributed by atoms with Crippen LogP contribution in [-0.4, -0.2) is 17.5 Å². The van der Waals surface area contributed by atoms with Crippen molar-refractivity contribution >= 4 is 17.4 Å². The molecule has 0 saturated heterocycles. The zero-order valence-electron chi connectivity index (χ0n) is 9.91. The van der Waals surface area contributed by atoms with E-state index in [1.807, 2.05) is 23.9 Å². The molecule has 3 N–H and O–H groups in total. The van der Waals surface area contributed by atoms with Crippen LogP contribution in [0.15, 0.2) is 23.1 Å². The van der Waals surface area contributed by atoms with E-state index in [2.05, 4.69) is 13.0 Å². The Kier molecular flexibility index (Phi) is 6.34. The van der Waals surface area contributed by atoms with Crippen LogP contribution in [0.5, 0.6) is 0 Å². The van der Waals surface area contributed by atoms with Crippen molar-refractivity contribution in [1.29, 1.82) is 0 Å². The highest BCUT2D eigenvalue weighted by molar-refractivity contribution is 7.99. The first-order chi connectivity index (χ1) is 7.75. The molecule has 0 amide bonds. The fourth-order valence-electron chi connectivity index (χ4n) is 1.54. The van der Waals surface area contributed by atoms with E-state index in [-0.39, 0.29) is 0 Å². The Labute approximate surface area is 102 Å². The summed E-state index contributed by atoms with van der Waals surface area (Å²) in [4.78, 5) is 1.29. The van der Waals surface area contributed by atoms with Crippen LogP contribution in [0.4, 0.5) is 5.69 Å². The minimum Gasteiger partial charge on any atom is -0.398 e. The van der Waals surface area contributed by atoms with Gasteiger partial charge in [0.1, 0.15) is 0 Å². The Morgan fingerprint density at radius 1 is 1.19 bits per heavy atom. The highest BCUT2D eigenvalue weighted by Gasteiger charge is 2.01. The standard InChI is InChI=1S/C13H21NOS/c1-11-12(14)7-6-8-13(11)16-10-5-3-2-4-9-15/h6-8,15H,2-5,9-10,14H2,1H3. The molecule has 90 valence electrons. The monoisotopic (exact) mass is 239 g/mol. The maximum absolute atomic E-state index is 8.65. The van der Waals surface area contributed by atoms with Crippen molar-refractivity contribution in [1.82, 2.24) is 0 Å². The lowest BCUT2D eigenvalue weighted by atomic mass is 10.2. The first-order valence-corrected chi connectivity index (χ1v) is 6.83. The van der Waals surface area contributed by atoms with Gasteiger partial charge >= 0.3 is 0 Å². The molecule has 0 radical (unpaired) electrons. The van der Waals surface area contributed by atoms with Crippen molar-refractivity contribution in [2.24, 2.45) is 0 Å². The molecule has 0 spiro atoms. The number of unbranched alkanes of at least 4 members (excludes halogenated alkanes) is 3. The van der Waals surface area contributed by atoms with Crippen LogP contribution >= 0.6 is 11.8 Å². The zero-order valence-corrected chi connectivity index (χ0v) is 10.7. The third kappa shape index (κ3) is 4.45. The molecule has 0 bridgehead atoms. The normalized spacial score (nSPS) is 10.6. The molecule has 0 aliphatic heterocycles. The lowest BCUT2D eigenvalue weighted by Crippen LogP contribution is -1.91. The second kappa shape index (κ2) is 7.58. The van der Waals surface area contributed by atoms with Crippen molar-refractivity contribution in [3.63, 3.8) is 0 Å². The van der Waals surface area contributed by atoms with Crippen LogP contribution in [0.2, 0.25) is 0 Å². The summed E-state index contributed by atoms with van der Waals surface area (Å²) in [5, 5.41) is 8.65. The number of hydrogen-bond donors (Lipinski definition) is 2. The Hall–Kier alpha value is -0.670. The highest BCUT2D eigenvalue weighted by atomic mass is 32.2. The minimum atomic E-state index is 0.321. The Morgan fingerprint density at radius 3 is 2.69 bits per heavy atom. The van der Waals surface area contributed by atoms with E-state index in [9.17, 15) is 0 Å². The SMILES string of the molecule is Cc1c(N)cccc1SCCCCCCO. The molecule has 1 rings (SSSR count). The van der Waals surface area contributed by atoms with Gasteiger partial charge in [0.05, 0.1) is 0 Å². The third-order valence-electron chi connectivity index (χ3n) is 2.64. The number of thioether (sulfide) groups is 1. The molecule has 0 fully saturated rings. The van der Waals surface area contributed by atoms with Crippen LogP contribution in [-0.2, 0) is 0 Å². The molecule has 3 heteroatoms. The van der Waals surface area contributed by atoms with Crippen molar-refractivity contribution in [2.75, 3.05) is 18.1 Å². The van der Waals surface area contributed by atoms with Gasteiger partial charge in [-0.2, -0.15) is 0 Å². The zero-order chi connectivity index (χ0) is 11.8. The van der Waals surface area contributed by atoms with E-state index in [1.165, 1.54) is 23.3 Å². The molecule has 0 unspecified atom stereocenters. The van der Waals surface area contributed by atoms with Gasteiger partial charge in [0.15, 0.2) is 0 Å². The number of rotatable bonds is 7. The molecule has 0 atom stereocenters. The Balaban J connectivity index is 2.24. The average Bonchev–Trinajstić information content (AvgIpc) is 2.29. The highest BCUT2D eigenvalue weighted by Crippen LogP contribution is 2.26. The number of aliphatic hydroxyl groups is 1. The first kappa shape index (κ1) is 13.4. The second-order valence-electron chi connectivity index (χ2n) is 3.96. The smallest absolute Gasteiger partial charge is 0.0431 e. The lowest BCUT2D eigenvalue weighted by molar-refractivity contribution is 0.283. The fourth-order valence-corrected chi connectivity index (χ4v) is 2.61. The first-order valence-electron chi connectivity index (χ1n) is 5.84. The van der Waals surface area contributed by atoms with Crippen LogP contribution in [0.3, 0.4) is 0 Å². The lowest BCUT2D eigenvalue weighted by Gasteiger charge is -2.07. The number of aliphatic hydroxyl groups excluding tert-OH is 1. The van der Waals surface area contributed by atoms with E-state index in [0.29, 0.717) is 6.61 Å². The minimum absolute atomic E-state index is 0.321. The molecule has 0 aliphatic rings. The summed E-state index contributed by atoms with van der Waals surface area (Å²) in [6.07, 6.45) is 4.47. The van der Waals surface area contributed by atoms with E-state index < -0.39 is 0 Å². The molecular formula is C13H21NOS. The topological polar surface area (TPSA) is 46.2 Å². The van der Waals surface area contributed by atoms with Gasteiger partial charge in [0.25, 0.3) is 0 Å². The molecule has 0 aromatic heterocycles. The van der Waals surface area contributed by atoms with Crippen molar-refractivity contribution in [2.45, 2.75) is 37.5 Å². The largest absolute Gasteiger partial charge is 0.398 e. The van der Waals surface area contributed by atoms with Crippen LogP contribution in [0.25, 0.3) is 0 Å². The van der Waals surface area contributed by atoms with Crippen LogP contribution < -0.4 is 5.73 Å². The van der Waals surface area contributed by atoms with E-state index in [0.717, 1.165) is 24.3 Å². The molecule has 0 aliphatic carbocycles. The van der Waals surface area contributed by atoms with Crippen molar-refractivity contribution in [3.05, 3.63) is 23.8 Å². The van der Waals surface area contributed by atoms with Gasteiger partial charge in [-0.15, -0.1) is 11.8 Å². The average molecular weight is 239 g/mol. The second-order valence-corrected chi connectivity index (χ2v) is 5.09. The van der Waals surface area contributed by atoms with E-state index in [1.54, 1.807) is 0 Å².